The van der Waals surface area contributed by atoms with Gasteiger partial charge in [-0.2, -0.15) is 0 Å². The summed E-state index contributed by atoms with van der Waals surface area (Å²) in [5.74, 6) is 6.13. The van der Waals surface area contributed by atoms with Gasteiger partial charge >= 0.3 is 0 Å². The maximum Gasteiger partial charge on any atom is 0.147 e. The van der Waals surface area contributed by atoms with Crippen molar-refractivity contribution in [2.75, 3.05) is 5.43 Å². The molecule has 3 N–H and O–H groups in total. The van der Waals surface area contributed by atoms with Crippen LogP contribution in [-0.2, 0) is 6.42 Å². The van der Waals surface area contributed by atoms with Crippen molar-refractivity contribution in [3.05, 3.63) is 11.9 Å². The molecule has 0 unspecified atom stereocenters. The SMILES string of the molecule is CCc1c(NN)ncnc1SC(C)(C)C. The Morgan fingerprint density at radius 3 is 2.53 bits per heavy atom. The molecular weight excluding hydrogens is 208 g/mol. The van der Waals surface area contributed by atoms with E-state index in [1.165, 1.54) is 0 Å². The van der Waals surface area contributed by atoms with Crippen LogP contribution in [0.1, 0.15) is 33.3 Å². The second-order valence-electron chi connectivity index (χ2n) is 4.22. The van der Waals surface area contributed by atoms with Crippen LogP contribution in [0.3, 0.4) is 0 Å². The van der Waals surface area contributed by atoms with Crippen molar-refractivity contribution in [3.8, 4) is 0 Å². The second kappa shape index (κ2) is 4.81. The summed E-state index contributed by atoms with van der Waals surface area (Å²) in [6.07, 6.45) is 2.42. The number of aromatic nitrogens is 2. The molecule has 1 aromatic rings. The molecule has 84 valence electrons. The highest BCUT2D eigenvalue weighted by molar-refractivity contribution is 8.00. The highest BCUT2D eigenvalue weighted by atomic mass is 32.2. The maximum absolute atomic E-state index is 5.41. The number of anilines is 1. The van der Waals surface area contributed by atoms with Crippen molar-refractivity contribution in [1.82, 2.24) is 9.97 Å². The van der Waals surface area contributed by atoms with E-state index in [9.17, 15) is 0 Å². The third-order valence-electron chi connectivity index (χ3n) is 1.80. The van der Waals surface area contributed by atoms with Gasteiger partial charge in [-0.15, -0.1) is 11.8 Å². The molecule has 0 saturated carbocycles. The molecule has 1 heterocycles. The summed E-state index contributed by atoms with van der Waals surface area (Å²) in [6.45, 7) is 8.56. The maximum atomic E-state index is 5.41. The van der Waals surface area contributed by atoms with E-state index >= 15 is 0 Å². The van der Waals surface area contributed by atoms with Gasteiger partial charge in [0.1, 0.15) is 17.2 Å². The van der Waals surface area contributed by atoms with Gasteiger partial charge in [0.15, 0.2) is 0 Å². The number of nitrogens with two attached hydrogens (primary N) is 1. The number of rotatable bonds is 3. The molecule has 1 rings (SSSR count). The number of thioether (sulfide) groups is 1. The van der Waals surface area contributed by atoms with Crippen LogP contribution in [0, 0.1) is 0 Å². The van der Waals surface area contributed by atoms with Gasteiger partial charge in [-0.25, -0.2) is 15.8 Å². The molecule has 4 nitrogen and oxygen atoms in total. The minimum atomic E-state index is 0.143. The molecule has 1 aromatic heterocycles. The predicted molar refractivity (Wildman–Crippen MR) is 64.8 cm³/mol. The minimum absolute atomic E-state index is 0.143. The van der Waals surface area contributed by atoms with Crippen LogP contribution >= 0.6 is 11.8 Å². The quantitative estimate of drug-likeness (QED) is 0.358. The summed E-state index contributed by atoms with van der Waals surface area (Å²) in [4.78, 5) is 8.40. The number of nitrogens with zero attached hydrogens (tertiary/aromatic N) is 2. The molecule has 15 heavy (non-hydrogen) atoms. The van der Waals surface area contributed by atoms with Crippen LogP contribution in [0.25, 0.3) is 0 Å². The number of hydrazine groups is 1. The van der Waals surface area contributed by atoms with Gasteiger partial charge in [0.2, 0.25) is 0 Å². The lowest BCUT2D eigenvalue weighted by Gasteiger charge is -2.19. The Morgan fingerprint density at radius 1 is 1.40 bits per heavy atom. The number of nitrogens with one attached hydrogen (secondary N) is 1. The topological polar surface area (TPSA) is 63.8 Å². The molecule has 0 aliphatic heterocycles. The van der Waals surface area contributed by atoms with Gasteiger partial charge in [-0.1, -0.05) is 27.7 Å². The molecule has 0 amide bonds. The number of hydrogen-bond donors (Lipinski definition) is 2. The third-order valence-corrected chi connectivity index (χ3v) is 2.96. The Kier molecular flexibility index (Phi) is 3.93. The minimum Gasteiger partial charge on any atom is -0.308 e. The van der Waals surface area contributed by atoms with Crippen LogP contribution < -0.4 is 11.3 Å². The Balaban J connectivity index is 3.06. The Bertz CT molecular complexity index is 333. The molecule has 0 aromatic carbocycles. The average Bonchev–Trinajstić information content (AvgIpc) is 2.15. The summed E-state index contributed by atoms with van der Waals surface area (Å²) in [5.41, 5.74) is 3.69. The second-order valence-corrected chi connectivity index (χ2v) is 6.03. The molecule has 5 heteroatoms. The lowest BCUT2D eigenvalue weighted by molar-refractivity contribution is 0.794. The van der Waals surface area contributed by atoms with Crippen LogP contribution in [0.4, 0.5) is 5.82 Å². The molecular formula is C10H18N4S. The van der Waals surface area contributed by atoms with Gasteiger partial charge in [0.05, 0.1) is 0 Å². The molecule has 0 aliphatic rings. The van der Waals surface area contributed by atoms with Crippen LogP contribution in [0.5, 0.6) is 0 Å². The smallest absolute Gasteiger partial charge is 0.147 e. The largest absolute Gasteiger partial charge is 0.308 e. The first-order valence-corrected chi connectivity index (χ1v) is 5.79. The molecule has 0 aliphatic carbocycles. The highest BCUT2D eigenvalue weighted by Gasteiger charge is 2.17. The lowest BCUT2D eigenvalue weighted by atomic mass is 10.2. The summed E-state index contributed by atoms with van der Waals surface area (Å²) in [5, 5.41) is 1.01. The Labute approximate surface area is 95.0 Å². The van der Waals surface area contributed by atoms with Gasteiger partial charge in [0.25, 0.3) is 0 Å². The Hall–Kier alpha value is -0.810. The van der Waals surface area contributed by atoms with E-state index < -0.39 is 0 Å². The summed E-state index contributed by atoms with van der Waals surface area (Å²) < 4.78 is 0.143. The molecule has 0 fully saturated rings. The summed E-state index contributed by atoms with van der Waals surface area (Å²) in [6, 6.07) is 0. The first-order valence-electron chi connectivity index (χ1n) is 4.97. The zero-order valence-electron chi connectivity index (χ0n) is 9.66. The van der Waals surface area contributed by atoms with Crippen molar-refractivity contribution in [2.45, 2.75) is 43.9 Å². The zero-order valence-corrected chi connectivity index (χ0v) is 10.5. The van der Waals surface area contributed by atoms with Crippen LogP contribution in [0.15, 0.2) is 11.4 Å². The van der Waals surface area contributed by atoms with Gasteiger partial charge in [-0.3, -0.25) is 0 Å². The predicted octanol–water partition coefficient (Wildman–Crippen LogP) is 2.22. The highest BCUT2D eigenvalue weighted by Crippen LogP contribution is 2.34. The molecule has 0 atom stereocenters. The van der Waals surface area contributed by atoms with Gasteiger partial charge < -0.3 is 5.43 Å². The summed E-state index contributed by atoms with van der Waals surface area (Å²) in [7, 11) is 0. The van der Waals surface area contributed by atoms with Crippen LogP contribution in [0.2, 0.25) is 0 Å². The van der Waals surface area contributed by atoms with E-state index in [-0.39, 0.29) is 4.75 Å². The fourth-order valence-electron chi connectivity index (χ4n) is 1.22. The van der Waals surface area contributed by atoms with E-state index in [0.29, 0.717) is 0 Å². The fraction of sp³-hybridized carbons (Fsp3) is 0.600. The first kappa shape index (κ1) is 12.3. The van der Waals surface area contributed by atoms with E-state index in [1.54, 1.807) is 18.1 Å². The standard InChI is InChI=1S/C10H18N4S/c1-5-7-8(14-11)12-6-13-9(7)15-10(2,3)4/h6H,5,11H2,1-4H3,(H,12,13,14). The van der Waals surface area contributed by atoms with Gasteiger partial charge in [-0.05, 0) is 6.42 Å². The average molecular weight is 226 g/mol. The van der Waals surface area contributed by atoms with Crippen molar-refractivity contribution in [2.24, 2.45) is 5.84 Å². The van der Waals surface area contributed by atoms with Crippen molar-refractivity contribution >= 4 is 17.6 Å². The Morgan fingerprint density at radius 2 is 2.07 bits per heavy atom. The molecule has 0 spiro atoms. The molecule has 0 radical (unpaired) electrons. The third kappa shape index (κ3) is 3.35. The number of nitrogen functional groups attached to an aromatic ring is 1. The summed E-state index contributed by atoms with van der Waals surface area (Å²) >= 11 is 1.73. The lowest BCUT2D eigenvalue weighted by Crippen LogP contribution is -2.14. The van der Waals surface area contributed by atoms with Crippen molar-refractivity contribution < 1.29 is 0 Å². The van der Waals surface area contributed by atoms with E-state index in [2.05, 4.69) is 43.1 Å². The number of hydrogen-bond acceptors (Lipinski definition) is 5. The first-order chi connectivity index (χ1) is 6.98. The monoisotopic (exact) mass is 226 g/mol. The van der Waals surface area contributed by atoms with Crippen molar-refractivity contribution in [3.63, 3.8) is 0 Å². The van der Waals surface area contributed by atoms with E-state index in [1.807, 2.05) is 0 Å². The van der Waals surface area contributed by atoms with E-state index in [0.717, 1.165) is 22.8 Å². The molecule has 0 bridgehead atoms. The van der Waals surface area contributed by atoms with Crippen molar-refractivity contribution in [1.29, 1.82) is 0 Å². The van der Waals surface area contributed by atoms with Gasteiger partial charge in [0, 0.05) is 10.3 Å². The van der Waals surface area contributed by atoms with E-state index in [4.69, 9.17) is 5.84 Å². The molecule has 0 saturated heterocycles. The fourth-order valence-corrected chi connectivity index (χ4v) is 2.26. The van der Waals surface area contributed by atoms with Crippen LogP contribution in [-0.4, -0.2) is 14.7 Å². The normalized spacial score (nSPS) is 11.5. The zero-order chi connectivity index (χ0) is 11.5.